The number of aromatic nitrogens is 1. The molecule has 4 N–H and O–H groups in total. The number of carbonyl (C=O) groups excluding carboxylic acids is 1. The number of amides is 1. The lowest BCUT2D eigenvalue weighted by Gasteiger charge is -2.25. The molecule has 0 radical (unpaired) electrons. The number of aliphatic hydroxyl groups is 1. The van der Waals surface area contributed by atoms with Crippen LogP contribution in [0.1, 0.15) is 34.3 Å². The third kappa shape index (κ3) is 4.76. The Morgan fingerprint density at radius 2 is 1.76 bits per heavy atom. The third-order valence-electron chi connectivity index (χ3n) is 7.11. The fourth-order valence-corrected chi connectivity index (χ4v) is 5.15. The Kier molecular flexibility index (Phi) is 6.22. The van der Waals surface area contributed by atoms with E-state index in [1.165, 1.54) is 12.0 Å². The minimum atomic E-state index is -0.215. The van der Waals surface area contributed by atoms with Crippen molar-refractivity contribution in [3.63, 3.8) is 0 Å². The second kappa shape index (κ2) is 9.44. The lowest BCUT2D eigenvalue weighted by atomic mass is 9.86. The highest BCUT2D eigenvalue weighted by Crippen LogP contribution is 2.41. The average Bonchev–Trinajstić information content (AvgIpc) is 3.47. The summed E-state index contributed by atoms with van der Waals surface area (Å²) in [5.74, 6) is 0.707. The molecule has 0 aliphatic carbocycles. The van der Waals surface area contributed by atoms with Crippen LogP contribution in [0.3, 0.4) is 0 Å². The summed E-state index contributed by atoms with van der Waals surface area (Å²) in [7, 11) is 0. The molecule has 176 valence electrons. The van der Waals surface area contributed by atoms with Gasteiger partial charge in [-0.15, -0.1) is 0 Å². The van der Waals surface area contributed by atoms with Crippen molar-refractivity contribution in [2.75, 3.05) is 42.1 Å². The normalized spacial score (nSPS) is 20.2. The van der Waals surface area contributed by atoms with E-state index >= 15 is 0 Å². The van der Waals surface area contributed by atoms with E-state index in [4.69, 9.17) is 5.73 Å². The molecule has 2 aromatic carbocycles. The molecule has 3 aromatic rings. The average molecular weight is 458 g/mol. The molecule has 2 aliphatic heterocycles. The van der Waals surface area contributed by atoms with E-state index in [0.717, 1.165) is 50.5 Å². The summed E-state index contributed by atoms with van der Waals surface area (Å²) in [6.45, 7) is 5.20. The molecular formula is C27H31N5O2. The van der Waals surface area contributed by atoms with Crippen molar-refractivity contribution in [2.24, 2.45) is 5.41 Å². The lowest BCUT2D eigenvalue weighted by molar-refractivity contribution is 0.102. The highest BCUT2D eigenvalue weighted by molar-refractivity contribution is 6.05. The van der Waals surface area contributed by atoms with Gasteiger partial charge in [0.2, 0.25) is 0 Å². The Balaban J connectivity index is 1.18. The highest BCUT2D eigenvalue weighted by atomic mass is 16.3. The number of pyridine rings is 1. The topological polar surface area (TPSA) is 94.7 Å². The van der Waals surface area contributed by atoms with Crippen LogP contribution in [0.25, 0.3) is 0 Å². The summed E-state index contributed by atoms with van der Waals surface area (Å²) < 4.78 is 0. The first-order valence-electron chi connectivity index (χ1n) is 11.8. The van der Waals surface area contributed by atoms with Crippen LogP contribution in [-0.4, -0.2) is 47.1 Å². The summed E-state index contributed by atoms with van der Waals surface area (Å²) in [5.41, 5.74) is 10.1. The van der Waals surface area contributed by atoms with Gasteiger partial charge in [-0.2, -0.15) is 0 Å². The van der Waals surface area contributed by atoms with Gasteiger partial charge >= 0.3 is 0 Å². The number of nitrogens with one attached hydrogen (secondary N) is 1. The van der Waals surface area contributed by atoms with Crippen molar-refractivity contribution >= 4 is 23.1 Å². The van der Waals surface area contributed by atoms with Crippen LogP contribution in [0.2, 0.25) is 0 Å². The number of anilines is 3. The Hall–Kier alpha value is -3.42. The van der Waals surface area contributed by atoms with E-state index in [1.807, 2.05) is 36.4 Å². The molecule has 1 unspecified atom stereocenters. The molecule has 0 bridgehead atoms. The van der Waals surface area contributed by atoms with Gasteiger partial charge in [-0.25, -0.2) is 4.98 Å². The van der Waals surface area contributed by atoms with Crippen molar-refractivity contribution < 1.29 is 9.90 Å². The number of carbonyl (C=O) groups is 1. The van der Waals surface area contributed by atoms with Crippen molar-refractivity contribution in [2.45, 2.75) is 26.0 Å². The van der Waals surface area contributed by atoms with Crippen LogP contribution in [0.15, 0.2) is 66.9 Å². The number of likely N-dealkylation sites (tertiary alicyclic amines) is 1. The SMILES string of the molecule is Nc1ccccc1NC(=O)c1ccc(N2CCC3(CCN(Cc4ccc(CO)cc4)C3)C2)nc1. The molecule has 1 amide bonds. The standard InChI is InChI=1S/C27H31N5O2/c28-23-3-1-2-4-24(23)30-26(34)22-9-10-25(29-15-22)32-14-12-27(19-32)11-13-31(18-27)16-20-5-7-21(17-33)8-6-20/h1-10,15,33H,11-14,16-19,28H2,(H,30,34). The van der Waals surface area contributed by atoms with Gasteiger partial charge in [0.25, 0.3) is 5.91 Å². The lowest BCUT2D eigenvalue weighted by Crippen LogP contribution is -2.31. The maximum Gasteiger partial charge on any atom is 0.257 e. The molecule has 2 saturated heterocycles. The Morgan fingerprint density at radius 1 is 1.00 bits per heavy atom. The number of nitrogen functional groups attached to an aromatic ring is 1. The largest absolute Gasteiger partial charge is 0.397 e. The van der Waals surface area contributed by atoms with Crippen LogP contribution in [-0.2, 0) is 13.2 Å². The zero-order valence-electron chi connectivity index (χ0n) is 19.3. The van der Waals surface area contributed by atoms with Gasteiger partial charge in [0, 0.05) is 37.8 Å². The van der Waals surface area contributed by atoms with Gasteiger partial charge < -0.3 is 21.1 Å². The van der Waals surface area contributed by atoms with Gasteiger partial charge in [0.15, 0.2) is 0 Å². The Labute approximate surface area is 200 Å². The molecule has 7 nitrogen and oxygen atoms in total. The molecule has 7 heteroatoms. The molecule has 3 heterocycles. The highest BCUT2D eigenvalue weighted by Gasteiger charge is 2.43. The van der Waals surface area contributed by atoms with Crippen LogP contribution in [0.5, 0.6) is 0 Å². The van der Waals surface area contributed by atoms with Crippen LogP contribution < -0.4 is 16.0 Å². The first kappa shape index (κ1) is 22.4. The number of rotatable bonds is 6. The smallest absolute Gasteiger partial charge is 0.257 e. The second-order valence-corrected chi connectivity index (χ2v) is 9.55. The van der Waals surface area contributed by atoms with Gasteiger partial charge in [0.05, 0.1) is 23.5 Å². The van der Waals surface area contributed by atoms with Crippen molar-refractivity contribution in [3.05, 3.63) is 83.6 Å². The minimum absolute atomic E-state index is 0.0876. The third-order valence-corrected chi connectivity index (χ3v) is 7.11. The Bertz CT molecular complexity index is 1150. The molecule has 0 saturated carbocycles. The summed E-state index contributed by atoms with van der Waals surface area (Å²) in [6.07, 6.45) is 3.99. The quantitative estimate of drug-likeness (QED) is 0.491. The first-order chi connectivity index (χ1) is 16.5. The fourth-order valence-electron chi connectivity index (χ4n) is 5.15. The number of hydrogen-bond donors (Lipinski definition) is 3. The summed E-state index contributed by atoms with van der Waals surface area (Å²) in [5, 5.41) is 12.1. The van der Waals surface area contributed by atoms with Gasteiger partial charge in [-0.3, -0.25) is 9.69 Å². The number of aliphatic hydroxyl groups excluding tert-OH is 1. The summed E-state index contributed by atoms with van der Waals surface area (Å²) in [6, 6.07) is 19.2. The molecule has 34 heavy (non-hydrogen) atoms. The number of nitrogens with two attached hydrogens (primary N) is 1. The number of benzene rings is 2. The molecule has 2 fully saturated rings. The number of para-hydroxylation sites is 2. The molecule has 5 rings (SSSR count). The Morgan fingerprint density at radius 3 is 2.50 bits per heavy atom. The second-order valence-electron chi connectivity index (χ2n) is 9.55. The fraction of sp³-hybridized carbons (Fsp3) is 0.333. The monoisotopic (exact) mass is 457 g/mol. The minimum Gasteiger partial charge on any atom is -0.397 e. The van der Waals surface area contributed by atoms with Gasteiger partial charge in [-0.1, -0.05) is 36.4 Å². The first-order valence-corrected chi connectivity index (χ1v) is 11.8. The van der Waals surface area contributed by atoms with Crippen molar-refractivity contribution in [1.29, 1.82) is 0 Å². The van der Waals surface area contributed by atoms with E-state index in [1.54, 1.807) is 18.3 Å². The van der Waals surface area contributed by atoms with E-state index in [0.29, 0.717) is 22.4 Å². The van der Waals surface area contributed by atoms with Crippen molar-refractivity contribution in [3.8, 4) is 0 Å². The number of nitrogens with zero attached hydrogens (tertiary/aromatic N) is 3. The maximum atomic E-state index is 12.6. The molecule has 1 spiro atoms. The van der Waals surface area contributed by atoms with Crippen molar-refractivity contribution in [1.82, 2.24) is 9.88 Å². The molecular weight excluding hydrogens is 426 g/mol. The maximum absolute atomic E-state index is 12.6. The van der Waals surface area contributed by atoms with E-state index in [9.17, 15) is 9.90 Å². The van der Waals surface area contributed by atoms with Crippen LogP contribution in [0, 0.1) is 5.41 Å². The summed E-state index contributed by atoms with van der Waals surface area (Å²) in [4.78, 5) is 22.1. The van der Waals surface area contributed by atoms with Gasteiger partial charge in [-0.05, 0) is 54.8 Å². The molecule has 1 aromatic heterocycles. The van der Waals surface area contributed by atoms with Gasteiger partial charge in [0.1, 0.15) is 5.82 Å². The van der Waals surface area contributed by atoms with E-state index < -0.39 is 0 Å². The summed E-state index contributed by atoms with van der Waals surface area (Å²) >= 11 is 0. The van der Waals surface area contributed by atoms with Crippen LogP contribution >= 0.6 is 0 Å². The van der Waals surface area contributed by atoms with Crippen LogP contribution in [0.4, 0.5) is 17.2 Å². The zero-order valence-corrected chi connectivity index (χ0v) is 19.3. The molecule has 2 aliphatic rings. The zero-order chi connectivity index (χ0) is 23.5. The van der Waals surface area contributed by atoms with E-state index in [-0.39, 0.29) is 12.5 Å². The molecule has 1 atom stereocenters. The van der Waals surface area contributed by atoms with E-state index in [2.05, 4.69) is 32.2 Å². The predicted octanol–water partition coefficient (Wildman–Crippen LogP) is 3.51. The predicted molar refractivity (Wildman–Crippen MR) is 135 cm³/mol. The number of hydrogen-bond acceptors (Lipinski definition) is 6.